The molecule has 4 rings (SSSR count). The Bertz CT molecular complexity index is 1590. The summed E-state index contributed by atoms with van der Waals surface area (Å²) < 4.78 is 7.68. The van der Waals surface area contributed by atoms with Crippen LogP contribution in [-0.2, 0) is 6.61 Å². The fourth-order valence-electron chi connectivity index (χ4n) is 3.58. The van der Waals surface area contributed by atoms with Crippen LogP contribution in [0.2, 0.25) is 10.0 Å². The van der Waals surface area contributed by atoms with Crippen LogP contribution in [0, 0.1) is 10.1 Å². The van der Waals surface area contributed by atoms with Gasteiger partial charge in [0.1, 0.15) is 12.4 Å². The monoisotopic (exact) mass is 602 g/mol. The number of halogens is 3. The van der Waals surface area contributed by atoms with Crippen molar-refractivity contribution in [1.82, 2.24) is 9.66 Å². The third-order valence-corrected chi connectivity index (χ3v) is 6.87. The second kappa shape index (κ2) is 11.4. The zero-order chi connectivity index (χ0) is 26.7. The molecule has 0 unspecified atom stereocenters. The number of benzene rings is 3. The Hall–Kier alpha value is -3.27. The summed E-state index contributed by atoms with van der Waals surface area (Å²) in [6, 6.07) is 14.7. The van der Waals surface area contributed by atoms with Crippen molar-refractivity contribution in [2.75, 3.05) is 0 Å². The van der Waals surface area contributed by atoms with Gasteiger partial charge in [-0.3, -0.25) is 14.9 Å². The molecule has 0 N–H and O–H groups in total. The maximum Gasteiger partial charge on any atom is 0.311 e. The fourth-order valence-corrected chi connectivity index (χ4v) is 4.40. The highest BCUT2D eigenvalue weighted by Gasteiger charge is 2.18. The average molecular weight is 604 g/mol. The highest BCUT2D eigenvalue weighted by molar-refractivity contribution is 9.10. The molecular weight excluding hydrogens is 583 g/mol. The van der Waals surface area contributed by atoms with E-state index in [4.69, 9.17) is 27.9 Å². The summed E-state index contributed by atoms with van der Waals surface area (Å²) in [5.41, 5.74) is 1.06. The van der Waals surface area contributed by atoms with Gasteiger partial charge in [-0.2, -0.15) is 9.78 Å². The van der Waals surface area contributed by atoms with Crippen molar-refractivity contribution in [1.29, 1.82) is 0 Å². The van der Waals surface area contributed by atoms with Crippen LogP contribution in [0.15, 0.2) is 69.0 Å². The van der Waals surface area contributed by atoms with Crippen molar-refractivity contribution in [2.45, 2.75) is 32.8 Å². The van der Waals surface area contributed by atoms with Gasteiger partial charge in [-0.15, -0.1) is 0 Å². The van der Waals surface area contributed by atoms with Crippen LogP contribution in [0.4, 0.5) is 5.69 Å². The minimum absolute atomic E-state index is 0.0241. The van der Waals surface area contributed by atoms with E-state index in [1.54, 1.807) is 36.4 Å². The van der Waals surface area contributed by atoms with Crippen LogP contribution in [0.25, 0.3) is 10.9 Å². The zero-order valence-electron chi connectivity index (χ0n) is 19.8. The van der Waals surface area contributed by atoms with Crippen LogP contribution >= 0.6 is 39.1 Å². The number of ether oxygens (including phenoxy) is 1. The number of nitro groups is 1. The van der Waals surface area contributed by atoms with Gasteiger partial charge in [0.25, 0.3) is 5.56 Å². The van der Waals surface area contributed by atoms with E-state index in [2.05, 4.69) is 26.0 Å². The lowest BCUT2D eigenvalue weighted by Crippen LogP contribution is -2.23. The zero-order valence-corrected chi connectivity index (χ0v) is 22.9. The third-order valence-electron chi connectivity index (χ3n) is 5.79. The number of hydrogen-bond acceptors (Lipinski definition) is 6. The van der Waals surface area contributed by atoms with Gasteiger partial charge in [0.2, 0.25) is 0 Å². The van der Waals surface area contributed by atoms with Crippen LogP contribution in [0.3, 0.4) is 0 Å². The first-order chi connectivity index (χ1) is 17.7. The van der Waals surface area contributed by atoms with Gasteiger partial charge in [-0.25, -0.2) is 4.98 Å². The fraction of sp³-hybridized carbons (Fsp3) is 0.192. The van der Waals surface area contributed by atoms with E-state index in [0.717, 1.165) is 10.9 Å². The molecule has 0 aliphatic carbocycles. The lowest BCUT2D eigenvalue weighted by Gasteiger charge is -2.14. The van der Waals surface area contributed by atoms with Gasteiger partial charge in [-0.1, -0.05) is 59.0 Å². The van der Waals surface area contributed by atoms with E-state index in [1.807, 2.05) is 19.9 Å². The van der Waals surface area contributed by atoms with E-state index in [9.17, 15) is 14.9 Å². The Morgan fingerprint density at radius 2 is 1.97 bits per heavy atom. The summed E-state index contributed by atoms with van der Waals surface area (Å²) in [7, 11) is 0. The minimum atomic E-state index is -0.540. The number of fused-ring (bicyclic) bond motifs is 1. The van der Waals surface area contributed by atoms with Crippen molar-refractivity contribution in [3.8, 4) is 5.75 Å². The lowest BCUT2D eigenvalue weighted by molar-refractivity contribution is -0.385. The smallest absolute Gasteiger partial charge is 0.311 e. The molecule has 0 spiro atoms. The van der Waals surface area contributed by atoms with E-state index in [-0.39, 0.29) is 29.5 Å². The Morgan fingerprint density at radius 1 is 1.19 bits per heavy atom. The molecule has 4 aromatic rings. The number of aromatic nitrogens is 2. The molecular formula is C26H21BrCl2N4O4. The molecule has 190 valence electrons. The number of nitrogens with zero attached hydrogens (tertiary/aromatic N) is 4. The van der Waals surface area contributed by atoms with Crippen molar-refractivity contribution in [2.24, 2.45) is 5.10 Å². The molecule has 11 heteroatoms. The minimum Gasteiger partial charge on any atom is -0.482 e. The topological polar surface area (TPSA) is 99.6 Å². The molecule has 1 atom stereocenters. The van der Waals surface area contributed by atoms with Gasteiger partial charge in [0.05, 0.1) is 22.0 Å². The number of hydrogen-bond donors (Lipinski definition) is 0. The predicted molar refractivity (Wildman–Crippen MR) is 149 cm³/mol. The summed E-state index contributed by atoms with van der Waals surface area (Å²) in [5, 5.41) is 17.4. The molecule has 0 saturated carbocycles. The molecule has 0 aliphatic heterocycles. The molecule has 1 heterocycles. The maximum absolute atomic E-state index is 13.3. The lowest BCUT2D eigenvalue weighted by atomic mass is 10.1. The quantitative estimate of drug-likeness (QED) is 0.119. The summed E-state index contributed by atoms with van der Waals surface area (Å²) in [6.45, 7) is 3.98. The molecule has 0 fully saturated rings. The molecule has 0 saturated heterocycles. The first-order valence-corrected chi connectivity index (χ1v) is 12.8. The molecule has 37 heavy (non-hydrogen) atoms. The second-order valence-electron chi connectivity index (χ2n) is 8.31. The van der Waals surface area contributed by atoms with E-state index in [0.29, 0.717) is 37.9 Å². The number of nitro benzene ring substituents is 1. The first-order valence-electron chi connectivity index (χ1n) is 11.3. The second-order valence-corrected chi connectivity index (χ2v) is 10.1. The number of rotatable bonds is 8. The highest BCUT2D eigenvalue weighted by Crippen LogP contribution is 2.30. The van der Waals surface area contributed by atoms with Crippen LogP contribution in [0.5, 0.6) is 5.75 Å². The van der Waals surface area contributed by atoms with Gasteiger partial charge < -0.3 is 4.74 Å². The average Bonchev–Trinajstić information content (AvgIpc) is 2.87. The Kier molecular flexibility index (Phi) is 8.26. The maximum atomic E-state index is 13.3. The Labute approximate surface area is 230 Å². The molecule has 1 aromatic heterocycles. The van der Waals surface area contributed by atoms with Gasteiger partial charge in [0, 0.05) is 37.6 Å². The molecule has 0 bridgehead atoms. The normalized spacial score (nSPS) is 12.2. The first kappa shape index (κ1) is 26.8. The summed E-state index contributed by atoms with van der Waals surface area (Å²) >= 11 is 15.5. The summed E-state index contributed by atoms with van der Waals surface area (Å²) in [6.07, 6.45) is 2.14. The predicted octanol–water partition coefficient (Wildman–Crippen LogP) is 7.35. The molecule has 8 nitrogen and oxygen atoms in total. The Balaban J connectivity index is 1.69. The largest absolute Gasteiger partial charge is 0.482 e. The summed E-state index contributed by atoms with van der Waals surface area (Å²) in [5.74, 6) is 0.540. The van der Waals surface area contributed by atoms with E-state index >= 15 is 0 Å². The molecule has 0 amide bonds. The third kappa shape index (κ3) is 6.01. The van der Waals surface area contributed by atoms with Crippen LogP contribution < -0.4 is 10.3 Å². The van der Waals surface area contributed by atoms with Gasteiger partial charge >= 0.3 is 5.69 Å². The molecule has 0 aliphatic rings. The van der Waals surface area contributed by atoms with Crippen LogP contribution in [0.1, 0.15) is 43.1 Å². The summed E-state index contributed by atoms with van der Waals surface area (Å²) in [4.78, 5) is 29.2. The van der Waals surface area contributed by atoms with Crippen molar-refractivity contribution >= 4 is 61.9 Å². The SMILES string of the molecule is CC[C@@H](C)c1nc2ccc(Br)cc2c(=O)n1N=Cc1ccc(OCc2ccc(Cl)cc2Cl)c([N+](=O)[O-])c1. The van der Waals surface area contributed by atoms with E-state index in [1.165, 1.54) is 23.0 Å². The van der Waals surface area contributed by atoms with Crippen molar-refractivity contribution in [3.63, 3.8) is 0 Å². The highest BCUT2D eigenvalue weighted by atomic mass is 79.9. The van der Waals surface area contributed by atoms with E-state index < -0.39 is 4.92 Å². The van der Waals surface area contributed by atoms with Crippen molar-refractivity contribution < 1.29 is 9.66 Å². The molecule has 3 aromatic carbocycles. The van der Waals surface area contributed by atoms with Gasteiger partial charge in [-0.05, 0) is 48.9 Å². The van der Waals surface area contributed by atoms with Crippen LogP contribution in [-0.4, -0.2) is 20.8 Å². The standard InChI is InChI=1S/C26H21BrCl2N4O4/c1-3-15(2)25-31-22-8-6-18(27)11-20(22)26(34)32(25)30-13-16-4-9-24(23(10-16)33(35)36)37-14-17-5-7-19(28)12-21(17)29/h4-13,15H,3,14H2,1-2H3/t15-/m1/s1. The molecule has 0 radical (unpaired) electrons. The van der Waals surface area contributed by atoms with Gasteiger partial charge in [0.15, 0.2) is 5.75 Å². The van der Waals surface area contributed by atoms with Crippen molar-refractivity contribution in [3.05, 3.63) is 107 Å². The Morgan fingerprint density at radius 3 is 2.68 bits per heavy atom.